The molecule has 0 aromatic rings. The van der Waals surface area contributed by atoms with Gasteiger partial charge < -0.3 is 9.47 Å². The van der Waals surface area contributed by atoms with Crippen molar-refractivity contribution in [3.63, 3.8) is 0 Å². The maximum Gasteiger partial charge on any atom is 0.333 e. The second-order valence-corrected chi connectivity index (χ2v) is 4.83. The molecular weight excluding hydrogens is 220 g/mol. The Labute approximate surface area is 103 Å². The monoisotopic (exact) mass is 242 g/mol. The Morgan fingerprint density at radius 2 is 1.88 bits per heavy atom. The number of hydrogen-bond acceptors (Lipinski definition) is 4. The summed E-state index contributed by atoms with van der Waals surface area (Å²) in [6.45, 7) is 12.3. The normalized spacial score (nSPS) is 12.8. The Kier molecular flexibility index (Phi) is 5.93. The van der Waals surface area contributed by atoms with Gasteiger partial charge in [-0.3, -0.25) is 4.79 Å². The van der Waals surface area contributed by atoms with Crippen molar-refractivity contribution in [3.05, 3.63) is 12.2 Å². The van der Waals surface area contributed by atoms with Gasteiger partial charge in [-0.25, -0.2) is 4.79 Å². The van der Waals surface area contributed by atoms with Crippen molar-refractivity contribution in [2.24, 2.45) is 5.41 Å². The Balaban J connectivity index is 4.09. The van der Waals surface area contributed by atoms with Gasteiger partial charge in [-0.05, 0) is 34.1 Å². The minimum absolute atomic E-state index is 0.0707. The minimum Gasteiger partial charge on any atom is -0.461 e. The molecule has 0 aromatic carbocycles. The van der Waals surface area contributed by atoms with Gasteiger partial charge in [0.1, 0.15) is 12.7 Å². The second-order valence-electron chi connectivity index (χ2n) is 4.83. The van der Waals surface area contributed by atoms with Crippen LogP contribution in [0.3, 0.4) is 0 Å². The highest BCUT2D eigenvalue weighted by Gasteiger charge is 2.27. The zero-order chi connectivity index (χ0) is 13.6. The van der Waals surface area contributed by atoms with Crippen LogP contribution in [0.25, 0.3) is 0 Å². The molecule has 0 rings (SSSR count). The van der Waals surface area contributed by atoms with Gasteiger partial charge >= 0.3 is 11.9 Å². The highest BCUT2D eigenvalue weighted by Crippen LogP contribution is 2.21. The molecule has 0 amide bonds. The first-order chi connectivity index (χ1) is 7.70. The molecule has 0 aliphatic heterocycles. The van der Waals surface area contributed by atoms with Crippen LogP contribution in [-0.2, 0) is 19.1 Å². The summed E-state index contributed by atoms with van der Waals surface area (Å²) in [4.78, 5) is 22.8. The van der Waals surface area contributed by atoms with Crippen LogP contribution in [0.2, 0.25) is 0 Å². The van der Waals surface area contributed by atoms with Crippen molar-refractivity contribution in [2.75, 3.05) is 6.61 Å². The number of rotatable bonds is 6. The van der Waals surface area contributed by atoms with Gasteiger partial charge in [0.05, 0.1) is 5.41 Å². The fraction of sp³-hybridized carbons (Fsp3) is 0.692. The van der Waals surface area contributed by atoms with Crippen LogP contribution in [0.1, 0.15) is 41.0 Å². The average molecular weight is 242 g/mol. The highest BCUT2D eigenvalue weighted by atomic mass is 16.6. The first-order valence-electron chi connectivity index (χ1n) is 5.74. The van der Waals surface area contributed by atoms with E-state index >= 15 is 0 Å². The molecule has 0 aromatic heterocycles. The predicted octanol–water partition coefficient (Wildman–Crippen LogP) is 2.47. The van der Waals surface area contributed by atoms with Gasteiger partial charge in [0.25, 0.3) is 0 Å². The van der Waals surface area contributed by atoms with E-state index in [9.17, 15) is 9.59 Å². The molecular formula is C13H22O4. The van der Waals surface area contributed by atoms with E-state index < -0.39 is 17.5 Å². The largest absolute Gasteiger partial charge is 0.461 e. The fourth-order valence-electron chi connectivity index (χ4n) is 0.850. The summed E-state index contributed by atoms with van der Waals surface area (Å²) in [6, 6.07) is 0. The summed E-state index contributed by atoms with van der Waals surface area (Å²) < 4.78 is 10.1. The quantitative estimate of drug-likeness (QED) is 0.530. The van der Waals surface area contributed by atoms with Crippen LogP contribution in [0.15, 0.2) is 12.2 Å². The van der Waals surface area contributed by atoms with Gasteiger partial charge in [-0.15, -0.1) is 0 Å². The van der Waals surface area contributed by atoms with Crippen LogP contribution in [0.5, 0.6) is 0 Å². The van der Waals surface area contributed by atoms with Crippen molar-refractivity contribution in [1.29, 1.82) is 0 Å². The van der Waals surface area contributed by atoms with E-state index in [1.807, 2.05) is 20.8 Å². The molecule has 0 fully saturated rings. The van der Waals surface area contributed by atoms with Crippen LogP contribution < -0.4 is 0 Å². The van der Waals surface area contributed by atoms with Crippen molar-refractivity contribution >= 4 is 11.9 Å². The zero-order valence-corrected chi connectivity index (χ0v) is 11.3. The zero-order valence-electron chi connectivity index (χ0n) is 11.3. The van der Waals surface area contributed by atoms with Crippen LogP contribution in [-0.4, -0.2) is 24.6 Å². The summed E-state index contributed by atoms with van der Waals surface area (Å²) in [5.74, 6) is -0.749. The Bertz CT molecular complexity index is 305. The Morgan fingerprint density at radius 3 is 2.29 bits per heavy atom. The van der Waals surface area contributed by atoms with E-state index in [-0.39, 0.29) is 12.6 Å². The molecule has 0 spiro atoms. The van der Waals surface area contributed by atoms with Gasteiger partial charge in [-0.1, -0.05) is 13.5 Å². The minimum atomic E-state index is -0.502. The molecule has 4 heteroatoms. The summed E-state index contributed by atoms with van der Waals surface area (Å²) in [7, 11) is 0. The van der Waals surface area contributed by atoms with Crippen LogP contribution >= 0.6 is 0 Å². The van der Waals surface area contributed by atoms with Crippen LogP contribution in [0, 0.1) is 5.41 Å². The number of hydrogen-bond donors (Lipinski definition) is 0. The summed E-state index contributed by atoms with van der Waals surface area (Å²) in [5, 5.41) is 0. The van der Waals surface area contributed by atoms with Crippen LogP contribution in [0.4, 0.5) is 0 Å². The lowest BCUT2D eigenvalue weighted by molar-refractivity contribution is -0.162. The molecule has 0 radical (unpaired) electrons. The lowest BCUT2D eigenvalue weighted by Gasteiger charge is -2.21. The third-order valence-electron chi connectivity index (χ3n) is 2.54. The molecule has 0 saturated carbocycles. The molecule has 1 atom stereocenters. The van der Waals surface area contributed by atoms with Gasteiger partial charge in [0.2, 0.25) is 0 Å². The third kappa shape index (κ3) is 5.52. The van der Waals surface area contributed by atoms with Crippen molar-refractivity contribution < 1.29 is 19.1 Å². The number of ether oxygens (including phenoxy) is 2. The molecule has 0 N–H and O–H groups in total. The van der Waals surface area contributed by atoms with Crippen molar-refractivity contribution in [1.82, 2.24) is 0 Å². The predicted molar refractivity (Wildman–Crippen MR) is 65.4 cm³/mol. The maximum atomic E-state index is 11.6. The third-order valence-corrected chi connectivity index (χ3v) is 2.54. The molecule has 1 unspecified atom stereocenters. The fourth-order valence-corrected chi connectivity index (χ4v) is 0.850. The molecule has 0 heterocycles. The first-order valence-corrected chi connectivity index (χ1v) is 5.74. The van der Waals surface area contributed by atoms with E-state index in [0.29, 0.717) is 12.0 Å². The lowest BCUT2D eigenvalue weighted by atomic mass is 9.91. The number of esters is 2. The van der Waals surface area contributed by atoms with Crippen molar-refractivity contribution in [3.8, 4) is 0 Å². The number of carbonyl (C=O) groups excluding carboxylic acids is 2. The highest BCUT2D eigenvalue weighted by molar-refractivity contribution is 5.87. The molecule has 0 aliphatic rings. The molecule has 0 bridgehead atoms. The first kappa shape index (κ1) is 15.7. The summed E-state index contributed by atoms with van der Waals surface area (Å²) >= 11 is 0. The van der Waals surface area contributed by atoms with Crippen molar-refractivity contribution in [2.45, 2.75) is 47.1 Å². The van der Waals surface area contributed by atoms with E-state index in [1.165, 1.54) is 0 Å². The average Bonchev–Trinajstić information content (AvgIpc) is 2.25. The lowest BCUT2D eigenvalue weighted by Crippen LogP contribution is -2.30. The smallest absolute Gasteiger partial charge is 0.333 e. The standard InChI is InChI=1S/C13H22O4/c1-7-13(5,6)12(15)16-8-10(4)17-11(14)9(2)3/h10H,2,7-8H2,1,3-6H3. The maximum absolute atomic E-state index is 11.6. The van der Waals surface area contributed by atoms with Gasteiger partial charge in [-0.2, -0.15) is 0 Å². The molecule has 17 heavy (non-hydrogen) atoms. The SMILES string of the molecule is C=C(C)C(=O)OC(C)COC(=O)C(C)(C)CC. The molecule has 0 saturated heterocycles. The van der Waals surface area contributed by atoms with Gasteiger partial charge in [0.15, 0.2) is 0 Å². The Morgan fingerprint density at radius 1 is 1.35 bits per heavy atom. The topological polar surface area (TPSA) is 52.6 Å². The van der Waals surface area contributed by atoms with E-state index in [0.717, 1.165) is 0 Å². The second kappa shape index (κ2) is 6.42. The van der Waals surface area contributed by atoms with E-state index in [2.05, 4.69) is 6.58 Å². The summed E-state index contributed by atoms with van der Waals surface area (Å²) in [5.41, 5.74) is -0.171. The summed E-state index contributed by atoms with van der Waals surface area (Å²) in [6.07, 6.45) is 0.238. The number of carbonyl (C=O) groups is 2. The van der Waals surface area contributed by atoms with E-state index in [4.69, 9.17) is 9.47 Å². The molecule has 0 aliphatic carbocycles. The van der Waals surface area contributed by atoms with E-state index in [1.54, 1.807) is 13.8 Å². The Hall–Kier alpha value is -1.32. The van der Waals surface area contributed by atoms with Gasteiger partial charge in [0, 0.05) is 5.57 Å². The molecule has 98 valence electrons. The molecule has 4 nitrogen and oxygen atoms in total.